The van der Waals surface area contributed by atoms with Gasteiger partial charge in [0.05, 0.1) is 11.0 Å². The molecule has 0 saturated carbocycles. The topological polar surface area (TPSA) is 4.93 Å². The second-order valence-corrected chi connectivity index (χ2v) is 35.1. The summed E-state index contributed by atoms with van der Waals surface area (Å²) < 4.78 is 2.48. The van der Waals surface area contributed by atoms with Crippen molar-refractivity contribution in [3.63, 3.8) is 0 Å². The zero-order chi connectivity index (χ0) is 83.0. The quantitative estimate of drug-likeness (QED) is 0.0265. The zero-order valence-corrected chi connectivity index (χ0v) is 73.5. The Bertz CT molecular complexity index is 5660. The first-order chi connectivity index (χ1) is 59.7. The third-order valence-electron chi connectivity index (χ3n) is 26.1. The van der Waals surface area contributed by atoms with Crippen LogP contribution in [0.2, 0.25) is 0 Å². The van der Waals surface area contributed by atoms with E-state index < -0.39 is 0 Å². The van der Waals surface area contributed by atoms with Gasteiger partial charge in [-0.2, -0.15) is 0 Å². The molecule has 0 spiro atoms. The summed E-state index contributed by atoms with van der Waals surface area (Å²) in [5.74, 6) is 0.257. The highest BCUT2D eigenvalue weighted by Crippen LogP contribution is 2.56. The van der Waals surface area contributed by atoms with E-state index in [0.717, 1.165) is 25.7 Å². The first kappa shape index (κ1) is 84.9. The minimum atomic E-state index is -0.0295. The van der Waals surface area contributed by atoms with E-state index in [-0.39, 0.29) is 11.3 Å². The summed E-state index contributed by atoms with van der Waals surface area (Å²) in [6, 6.07) is 98.1. The first-order valence-electron chi connectivity index (χ1n) is 47.0. The van der Waals surface area contributed by atoms with Gasteiger partial charge in [-0.1, -0.05) is 448 Å². The molecular weight excluding hydrogens is 1460 g/mol. The van der Waals surface area contributed by atoms with Gasteiger partial charge in [-0.25, -0.2) is 0 Å². The van der Waals surface area contributed by atoms with Gasteiger partial charge in [0.15, 0.2) is 0 Å². The van der Waals surface area contributed by atoms with E-state index in [2.05, 4.69) is 374 Å². The third-order valence-corrected chi connectivity index (χ3v) is 26.1. The van der Waals surface area contributed by atoms with Gasteiger partial charge < -0.3 is 4.57 Å². The molecule has 0 N–H and O–H groups in total. The van der Waals surface area contributed by atoms with E-state index in [4.69, 9.17) is 0 Å². The molecule has 0 fully saturated rings. The van der Waals surface area contributed by atoms with E-state index in [1.807, 2.05) is 0 Å². The Morgan fingerprint density at radius 1 is 0.231 bits per heavy atom. The Morgan fingerprint density at radius 2 is 0.504 bits per heavy atom. The average Bonchev–Trinajstić information content (AvgIpc) is 1.56. The van der Waals surface area contributed by atoms with Crippen molar-refractivity contribution < 1.29 is 0 Å². The maximum atomic E-state index is 2.56. The number of fused-ring (bicyclic) bond motifs is 9. The number of unbranched alkanes of at least 4 members (excludes halogenated alkanes) is 16. The molecule has 1 nitrogen and oxygen atoms in total. The predicted octanol–water partition coefficient (Wildman–Crippen LogP) is 34.9. The van der Waals surface area contributed by atoms with Crippen LogP contribution in [0.5, 0.6) is 0 Å². The van der Waals surface area contributed by atoms with Crippen molar-refractivity contribution in [2.75, 3.05) is 0 Å². The molecule has 12 aromatic carbocycles. The average molecular weight is 1590 g/mol. The number of hydrogen-bond acceptors (Lipinski definition) is 0. The van der Waals surface area contributed by atoms with Crippen molar-refractivity contribution in [3.05, 3.63) is 372 Å². The molecule has 2 aliphatic rings. The lowest BCUT2D eigenvalue weighted by molar-refractivity contribution is 0.401. The van der Waals surface area contributed by atoms with E-state index >= 15 is 0 Å². The Morgan fingerprint density at radius 3 is 0.835 bits per heavy atom. The molecule has 13 aromatic rings. The molecule has 1 heterocycles. The molecule has 0 amide bonds. The molecule has 0 aliphatic heterocycles. The standard InChI is InChI=1S/C120H129N/c1-7-13-19-24-30-100-68-78-110-112(84-100)111-83-99(29-18-12-6)67-77-109(111)119(110)105-71-61-97(62-72-105)55-53-93-41-37-89(38-42-93)33-35-91-45-49-95(50-46-91)57-59-103-65-75-107-108-76-66-104(88-116(108)120(115(107)87-103,81-27-22-16-10-4)82-28-23-17-11-5)60-58-96-51-47-92(48-52-96)36-34-90-39-43-94(44-40-90)54-56-98-63-73-106(74-64-98)121-117-79-69-101(31-25-20-14-8-2)85-113(117)114-86-102(70-80-118(114)121)32-26-21-15-9-3/h33-80,83-88,119H,7-32,81-82H2,1-6H3/b35-33+,36-34+,55-53+,56-54+,59-57+,60-58+. The van der Waals surface area contributed by atoms with Gasteiger partial charge >= 0.3 is 0 Å². The van der Waals surface area contributed by atoms with E-state index in [0.29, 0.717) is 0 Å². The van der Waals surface area contributed by atoms with Crippen LogP contribution in [-0.2, 0) is 31.1 Å². The van der Waals surface area contributed by atoms with Crippen molar-refractivity contribution in [2.24, 2.45) is 0 Å². The lowest BCUT2D eigenvalue weighted by Gasteiger charge is -2.33. The fourth-order valence-corrected chi connectivity index (χ4v) is 19.0. The zero-order valence-electron chi connectivity index (χ0n) is 73.5. The summed E-state index contributed by atoms with van der Waals surface area (Å²) >= 11 is 0. The molecule has 2 aliphatic carbocycles. The van der Waals surface area contributed by atoms with Crippen LogP contribution in [0.3, 0.4) is 0 Å². The number of benzene rings is 12. The Hall–Kier alpha value is -11.1. The van der Waals surface area contributed by atoms with E-state index in [1.165, 1.54) is 321 Å². The maximum Gasteiger partial charge on any atom is 0.0541 e. The van der Waals surface area contributed by atoms with E-state index in [1.54, 1.807) is 0 Å². The largest absolute Gasteiger partial charge is 0.309 e. The minimum absolute atomic E-state index is 0.0295. The van der Waals surface area contributed by atoms with Crippen LogP contribution in [0.25, 0.3) is 123 Å². The van der Waals surface area contributed by atoms with Gasteiger partial charge in [-0.05, 0) is 240 Å². The number of aromatic nitrogens is 1. The lowest BCUT2D eigenvalue weighted by Crippen LogP contribution is -2.25. The van der Waals surface area contributed by atoms with Crippen LogP contribution in [0.1, 0.15) is 318 Å². The summed E-state index contributed by atoms with van der Waals surface area (Å²) in [5, 5.41) is 2.75. The monoisotopic (exact) mass is 1580 g/mol. The summed E-state index contributed by atoms with van der Waals surface area (Å²) in [5.41, 5.74) is 37.1. The molecular formula is C120H129N. The Kier molecular flexibility index (Phi) is 29.7. The smallest absolute Gasteiger partial charge is 0.0541 e. The molecule has 1 heteroatoms. The molecule has 614 valence electrons. The van der Waals surface area contributed by atoms with Gasteiger partial charge in [0.2, 0.25) is 0 Å². The van der Waals surface area contributed by atoms with Crippen LogP contribution >= 0.6 is 0 Å². The highest BCUT2D eigenvalue weighted by atomic mass is 15.0. The van der Waals surface area contributed by atoms with Crippen LogP contribution in [0, 0.1) is 0 Å². The number of rotatable bonds is 42. The van der Waals surface area contributed by atoms with Gasteiger partial charge in [-0.3, -0.25) is 0 Å². The fourth-order valence-electron chi connectivity index (χ4n) is 19.0. The van der Waals surface area contributed by atoms with E-state index in [9.17, 15) is 0 Å². The molecule has 0 radical (unpaired) electrons. The van der Waals surface area contributed by atoms with Gasteiger partial charge in [0.1, 0.15) is 0 Å². The van der Waals surface area contributed by atoms with Gasteiger partial charge in [0.25, 0.3) is 0 Å². The SMILES string of the molecule is CCCCCCc1ccc2c(c1)-c1cc(CCCC)ccc1C2c1ccc(/C=C/c2ccc(/C=C/c3ccc(/C=C/c4ccc5c(c4)C(CCCCCC)(CCCCCC)c4cc(/C=C/c6ccc(/C=C/c7ccc(/C=C/c8ccc(-n9c%10ccc(CCCCCC)cc%10c%10cc(CCCCCC)ccc%109)cc8)cc7)cc6)ccc4-5)cc3)cc2)cc1. The van der Waals surface area contributed by atoms with Crippen LogP contribution in [0.4, 0.5) is 0 Å². The first-order valence-corrected chi connectivity index (χ1v) is 47.0. The summed E-state index contributed by atoms with van der Waals surface area (Å²) in [6.07, 6.45) is 62.1. The molecule has 121 heavy (non-hydrogen) atoms. The predicted molar refractivity (Wildman–Crippen MR) is 532 cm³/mol. The summed E-state index contributed by atoms with van der Waals surface area (Å²) in [4.78, 5) is 0. The molecule has 0 saturated heterocycles. The fraction of sp³-hybridized carbons (Fsp3) is 0.300. The lowest BCUT2D eigenvalue weighted by atomic mass is 9.70. The highest BCUT2D eigenvalue weighted by Gasteiger charge is 2.42. The molecule has 1 atom stereocenters. The van der Waals surface area contributed by atoms with Crippen molar-refractivity contribution in [1.29, 1.82) is 0 Å². The summed E-state index contributed by atoms with van der Waals surface area (Å²) in [7, 11) is 0. The van der Waals surface area contributed by atoms with Gasteiger partial charge in [0, 0.05) is 27.8 Å². The number of nitrogens with zero attached hydrogens (tertiary/aromatic N) is 1. The molecule has 15 rings (SSSR count). The Labute approximate surface area is 726 Å². The number of hydrogen-bond donors (Lipinski definition) is 0. The third kappa shape index (κ3) is 21.4. The van der Waals surface area contributed by atoms with Crippen molar-refractivity contribution in [3.8, 4) is 27.9 Å². The maximum absolute atomic E-state index is 2.56. The molecule has 0 bridgehead atoms. The summed E-state index contributed by atoms with van der Waals surface area (Å²) in [6.45, 7) is 13.9. The molecule has 1 aromatic heterocycles. The molecule has 1 unspecified atom stereocenters. The van der Waals surface area contributed by atoms with Crippen molar-refractivity contribution >= 4 is 94.7 Å². The Balaban J connectivity index is 0.565. The van der Waals surface area contributed by atoms with Crippen LogP contribution in [-0.4, -0.2) is 4.57 Å². The van der Waals surface area contributed by atoms with Crippen molar-refractivity contribution in [2.45, 2.75) is 233 Å². The van der Waals surface area contributed by atoms with Crippen LogP contribution in [0.15, 0.2) is 255 Å². The number of aryl methyl sites for hydroxylation is 4. The normalized spacial score (nSPS) is 13.6. The minimum Gasteiger partial charge on any atom is -0.309 e. The van der Waals surface area contributed by atoms with Gasteiger partial charge in [-0.15, -0.1) is 0 Å². The highest BCUT2D eigenvalue weighted by molar-refractivity contribution is 6.10. The van der Waals surface area contributed by atoms with Crippen molar-refractivity contribution in [1.82, 2.24) is 4.57 Å². The van der Waals surface area contributed by atoms with Crippen LogP contribution < -0.4 is 0 Å². The second kappa shape index (κ2) is 42.4. The second-order valence-electron chi connectivity index (χ2n) is 35.1.